The van der Waals surface area contributed by atoms with Crippen LogP contribution >= 0.6 is 0 Å². The van der Waals surface area contributed by atoms with Gasteiger partial charge in [-0.3, -0.25) is 0 Å². The van der Waals surface area contributed by atoms with Gasteiger partial charge in [-0.15, -0.1) is 0 Å². The summed E-state index contributed by atoms with van der Waals surface area (Å²) in [6.07, 6.45) is 7.77. The van der Waals surface area contributed by atoms with E-state index in [1.807, 2.05) is 0 Å². The Morgan fingerprint density at radius 3 is 2.77 bits per heavy atom. The topological polar surface area (TPSA) is 0 Å². The summed E-state index contributed by atoms with van der Waals surface area (Å²) in [6, 6.07) is 6.35. The Labute approximate surface area is 81.3 Å². The Kier molecular flexibility index (Phi) is 3.75. The van der Waals surface area contributed by atoms with Gasteiger partial charge < -0.3 is 0 Å². The lowest BCUT2D eigenvalue weighted by molar-refractivity contribution is 0.955. The third kappa shape index (κ3) is 2.73. The molecule has 0 aliphatic rings. The van der Waals surface area contributed by atoms with Crippen LogP contribution in [0.15, 0.2) is 24.3 Å². The van der Waals surface area contributed by atoms with Crippen LogP contribution in [0.5, 0.6) is 0 Å². The van der Waals surface area contributed by atoms with Gasteiger partial charge in [-0.05, 0) is 43.0 Å². The third-order valence-corrected chi connectivity index (χ3v) is 2.30. The van der Waals surface area contributed by atoms with E-state index in [4.69, 9.17) is 0 Å². The summed E-state index contributed by atoms with van der Waals surface area (Å²) in [5, 5.41) is 0. The van der Waals surface area contributed by atoms with Gasteiger partial charge in [0.1, 0.15) is 0 Å². The van der Waals surface area contributed by atoms with E-state index in [0.717, 1.165) is 6.42 Å². The molecular weight excluding hydrogens is 156 g/mol. The molecule has 0 saturated heterocycles. The first-order valence-corrected chi connectivity index (χ1v) is 4.90. The molecule has 1 radical (unpaired) electrons. The molecule has 0 bridgehead atoms. The van der Waals surface area contributed by atoms with E-state index in [1.54, 1.807) is 0 Å². The van der Waals surface area contributed by atoms with Crippen molar-refractivity contribution in [2.75, 3.05) is 0 Å². The molecule has 0 aromatic heterocycles. The lowest BCUT2D eigenvalue weighted by atomic mass is 10.0. The fourth-order valence-corrected chi connectivity index (χ4v) is 1.23. The first-order chi connectivity index (χ1) is 6.25. The van der Waals surface area contributed by atoms with E-state index in [2.05, 4.69) is 51.1 Å². The quantitative estimate of drug-likeness (QED) is 0.652. The van der Waals surface area contributed by atoms with Crippen LogP contribution in [-0.2, 0) is 0 Å². The molecule has 13 heavy (non-hydrogen) atoms. The minimum absolute atomic E-state index is 1.12. The largest absolute Gasteiger partial charge is 0.0760 e. The van der Waals surface area contributed by atoms with E-state index in [1.165, 1.54) is 23.1 Å². The minimum atomic E-state index is 1.12. The zero-order valence-corrected chi connectivity index (χ0v) is 8.72. The van der Waals surface area contributed by atoms with Crippen molar-refractivity contribution in [2.24, 2.45) is 0 Å². The summed E-state index contributed by atoms with van der Waals surface area (Å²) in [5.41, 5.74) is 3.92. The van der Waals surface area contributed by atoms with Gasteiger partial charge in [0.2, 0.25) is 0 Å². The molecule has 1 aromatic carbocycles. The first kappa shape index (κ1) is 10.0. The average Bonchev–Trinajstić information content (AvgIpc) is 2.13. The molecule has 0 saturated carbocycles. The molecular formula is C13H17. The third-order valence-electron chi connectivity index (χ3n) is 2.30. The highest BCUT2D eigenvalue weighted by Crippen LogP contribution is 2.12. The first-order valence-electron chi connectivity index (χ1n) is 4.90. The van der Waals surface area contributed by atoms with Gasteiger partial charge in [0.15, 0.2) is 0 Å². The van der Waals surface area contributed by atoms with E-state index in [0.29, 0.717) is 0 Å². The summed E-state index contributed by atoms with van der Waals surface area (Å²) < 4.78 is 0. The lowest BCUT2D eigenvalue weighted by Crippen LogP contribution is -1.85. The Balaban J connectivity index is 2.83. The number of rotatable bonds is 3. The van der Waals surface area contributed by atoms with Crippen LogP contribution in [0.3, 0.4) is 0 Å². The van der Waals surface area contributed by atoms with Gasteiger partial charge >= 0.3 is 0 Å². The Morgan fingerprint density at radius 2 is 2.08 bits per heavy atom. The maximum atomic E-state index is 3.33. The monoisotopic (exact) mass is 173 g/mol. The van der Waals surface area contributed by atoms with E-state index in [-0.39, 0.29) is 0 Å². The summed E-state index contributed by atoms with van der Waals surface area (Å²) >= 11 is 0. The van der Waals surface area contributed by atoms with Crippen molar-refractivity contribution in [1.29, 1.82) is 0 Å². The van der Waals surface area contributed by atoms with Gasteiger partial charge in [-0.1, -0.05) is 37.6 Å². The second kappa shape index (κ2) is 4.86. The number of unbranched alkanes of at least 4 members (excludes halogenated alkanes) is 1. The predicted octanol–water partition coefficient (Wildman–Crippen LogP) is 3.81. The predicted molar refractivity (Wildman–Crippen MR) is 57.7 cm³/mol. The average molecular weight is 173 g/mol. The van der Waals surface area contributed by atoms with E-state index < -0.39 is 0 Å². The molecule has 0 spiro atoms. The van der Waals surface area contributed by atoms with E-state index in [9.17, 15) is 0 Å². The van der Waals surface area contributed by atoms with Crippen LogP contribution in [-0.4, -0.2) is 0 Å². The second-order valence-corrected chi connectivity index (χ2v) is 3.38. The van der Waals surface area contributed by atoms with Crippen LogP contribution in [0.25, 0.3) is 0 Å². The molecule has 0 heterocycles. The van der Waals surface area contributed by atoms with Crippen LogP contribution in [0, 0.1) is 19.9 Å². The molecule has 69 valence electrons. The molecule has 0 heteroatoms. The smallest absolute Gasteiger partial charge is 0.0146 e. The molecule has 0 unspecified atom stereocenters. The Hall–Kier alpha value is -1.04. The summed E-state index contributed by atoms with van der Waals surface area (Å²) in [6.45, 7) is 6.47. The number of allylic oxidation sites excluding steroid dienone is 1. The maximum Gasteiger partial charge on any atom is -0.0146 e. The number of aryl methyl sites for hydroxylation is 1. The number of hydrogen-bond acceptors (Lipinski definition) is 0. The Morgan fingerprint density at radius 1 is 1.31 bits per heavy atom. The highest BCUT2D eigenvalue weighted by molar-refractivity contribution is 5.36. The molecule has 0 aliphatic heterocycles. The van der Waals surface area contributed by atoms with Crippen LogP contribution in [0.4, 0.5) is 0 Å². The van der Waals surface area contributed by atoms with Crippen molar-refractivity contribution in [3.8, 4) is 0 Å². The van der Waals surface area contributed by atoms with Crippen LogP contribution < -0.4 is 0 Å². The molecule has 1 aromatic rings. The van der Waals surface area contributed by atoms with E-state index >= 15 is 0 Å². The van der Waals surface area contributed by atoms with Crippen LogP contribution in [0.1, 0.15) is 36.5 Å². The van der Waals surface area contributed by atoms with Crippen molar-refractivity contribution < 1.29 is 0 Å². The van der Waals surface area contributed by atoms with Gasteiger partial charge in [-0.25, -0.2) is 0 Å². The molecule has 0 amide bonds. The molecule has 0 aliphatic carbocycles. The summed E-state index contributed by atoms with van der Waals surface area (Å²) in [7, 11) is 0. The van der Waals surface area contributed by atoms with Gasteiger partial charge in [-0.2, -0.15) is 0 Å². The molecule has 0 nitrogen and oxygen atoms in total. The summed E-state index contributed by atoms with van der Waals surface area (Å²) in [4.78, 5) is 0. The maximum absolute atomic E-state index is 3.33. The van der Waals surface area contributed by atoms with Crippen molar-refractivity contribution in [3.05, 3.63) is 47.0 Å². The van der Waals surface area contributed by atoms with Gasteiger partial charge in [0, 0.05) is 0 Å². The lowest BCUT2D eigenvalue weighted by Gasteiger charge is -2.02. The van der Waals surface area contributed by atoms with Crippen molar-refractivity contribution >= 4 is 0 Å². The SMILES string of the molecule is CCC/C=[C]\c1cccc(C)c1C. The zero-order chi connectivity index (χ0) is 9.68. The molecule has 0 fully saturated rings. The normalized spacial score (nSPS) is 11.0. The fraction of sp³-hybridized carbons (Fsp3) is 0.385. The zero-order valence-electron chi connectivity index (χ0n) is 8.72. The molecule has 1 rings (SSSR count). The highest BCUT2D eigenvalue weighted by Gasteiger charge is 1.95. The van der Waals surface area contributed by atoms with Crippen molar-refractivity contribution in [2.45, 2.75) is 33.6 Å². The minimum Gasteiger partial charge on any atom is -0.0760 e. The Bertz CT molecular complexity index is 295. The van der Waals surface area contributed by atoms with Gasteiger partial charge in [0.25, 0.3) is 0 Å². The van der Waals surface area contributed by atoms with Crippen molar-refractivity contribution in [3.63, 3.8) is 0 Å². The van der Waals surface area contributed by atoms with Gasteiger partial charge in [0.05, 0.1) is 0 Å². The molecule has 0 N–H and O–H groups in total. The number of hydrogen-bond donors (Lipinski definition) is 0. The van der Waals surface area contributed by atoms with Crippen LogP contribution in [0.2, 0.25) is 0 Å². The second-order valence-electron chi connectivity index (χ2n) is 3.38. The fourth-order valence-electron chi connectivity index (χ4n) is 1.23. The standard InChI is InChI=1S/C13H17/c1-4-5-6-9-13-10-7-8-11(2)12(13)3/h6-8,10H,4-5H2,1-3H3. The van der Waals surface area contributed by atoms with Crippen molar-refractivity contribution in [1.82, 2.24) is 0 Å². The summed E-state index contributed by atoms with van der Waals surface area (Å²) in [5.74, 6) is 0. The number of benzene rings is 1. The highest BCUT2D eigenvalue weighted by atomic mass is 14.0. The molecule has 0 atom stereocenters.